The number of aryl methyl sites for hydroxylation is 2. The average Bonchev–Trinajstić information content (AvgIpc) is 2.59. The number of halogens is 5. The van der Waals surface area contributed by atoms with Gasteiger partial charge >= 0.3 is 6.18 Å². The van der Waals surface area contributed by atoms with Gasteiger partial charge in [-0.3, -0.25) is 0 Å². The first-order valence-electron chi connectivity index (χ1n) is 8.11. The Hall–Kier alpha value is -2.17. The predicted molar refractivity (Wildman–Crippen MR) is 89.3 cm³/mol. The molecule has 134 valence electrons. The van der Waals surface area contributed by atoms with Gasteiger partial charge in [0.2, 0.25) is 0 Å². The lowest BCUT2D eigenvalue weighted by atomic mass is 10.0. The van der Waals surface area contributed by atoms with Gasteiger partial charge < -0.3 is 0 Å². The summed E-state index contributed by atoms with van der Waals surface area (Å²) in [6.45, 7) is 1.78. The van der Waals surface area contributed by atoms with E-state index in [0.717, 1.165) is 23.3 Å². The molecule has 0 amide bonds. The quantitative estimate of drug-likeness (QED) is 0.495. The Balaban J connectivity index is 1.99. The Morgan fingerprint density at radius 3 is 1.72 bits per heavy atom. The highest BCUT2D eigenvalue weighted by atomic mass is 19.4. The highest BCUT2D eigenvalue weighted by Gasteiger charge is 2.29. The second-order valence-electron chi connectivity index (χ2n) is 5.86. The number of allylic oxidation sites excluding steroid dienone is 1. The lowest BCUT2D eigenvalue weighted by Crippen LogP contribution is -2.04. The van der Waals surface area contributed by atoms with E-state index in [4.69, 9.17) is 0 Å². The Morgan fingerprint density at radius 1 is 0.800 bits per heavy atom. The topological polar surface area (TPSA) is 0 Å². The van der Waals surface area contributed by atoms with Crippen LogP contribution in [0.5, 0.6) is 0 Å². The van der Waals surface area contributed by atoms with Crippen molar-refractivity contribution in [3.63, 3.8) is 0 Å². The van der Waals surface area contributed by atoms with Crippen LogP contribution >= 0.6 is 0 Å². The summed E-state index contributed by atoms with van der Waals surface area (Å²) in [4.78, 5) is 0. The van der Waals surface area contributed by atoms with Crippen molar-refractivity contribution in [1.82, 2.24) is 0 Å². The van der Waals surface area contributed by atoms with E-state index < -0.39 is 23.4 Å². The van der Waals surface area contributed by atoms with E-state index in [9.17, 15) is 22.0 Å². The third-order valence-corrected chi connectivity index (χ3v) is 3.90. The van der Waals surface area contributed by atoms with Crippen LogP contribution in [0.15, 0.2) is 54.4 Å². The van der Waals surface area contributed by atoms with E-state index in [-0.39, 0.29) is 12.0 Å². The van der Waals surface area contributed by atoms with Crippen LogP contribution in [0.4, 0.5) is 22.0 Å². The molecule has 0 saturated carbocycles. The van der Waals surface area contributed by atoms with Gasteiger partial charge in [-0.25, -0.2) is 8.78 Å². The average molecular weight is 354 g/mol. The van der Waals surface area contributed by atoms with Crippen molar-refractivity contribution in [1.29, 1.82) is 0 Å². The second-order valence-corrected chi connectivity index (χ2v) is 5.86. The molecule has 5 heteroatoms. The fourth-order valence-corrected chi connectivity index (χ4v) is 2.45. The Labute approximate surface area is 144 Å². The molecule has 0 spiro atoms. The molecule has 0 saturated heterocycles. The monoisotopic (exact) mass is 354 g/mol. The Kier molecular flexibility index (Phi) is 6.34. The van der Waals surface area contributed by atoms with Crippen molar-refractivity contribution < 1.29 is 22.0 Å². The summed E-state index contributed by atoms with van der Waals surface area (Å²) in [5.41, 5.74) is 1.23. The minimum Gasteiger partial charge on any atom is -0.209 e. The number of hydrogen-bond donors (Lipinski definition) is 0. The molecule has 0 aliphatic carbocycles. The summed E-state index contributed by atoms with van der Waals surface area (Å²) in [6, 6.07) is 11.5. The van der Waals surface area contributed by atoms with Gasteiger partial charge in [0.15, 0.2) is 5.83 Å². The van der Waals surface area contributed by atoms with E-state index >= 15 is 0 Å². The highest BCUT2D eigenvalue weighted by molar-refractivity contribution is 5.61. The maximum Gasteiger partial charge on any atom is 0.416 e. The first-order chi connectivity index (χ1) is 11.8. The SMILES string of the molecule is CCC/C(F)=C(\F)c1ccc(CCc2ccc(C(F)(F)F)cc2)cc1. The minimum atomic E-state index is -4.33. The molecule has 0 nitrogen and oxygen atoms in total. The van der Waals surface area contributed by atoms with Gasteiger partial charge in [0, 0.05) is 12.0 Å². The van der Waals surface area contributed by atoms with Crippen molar-refractivity contribution in [2.75, 3.05) is 0 Å². The number of rotatable bonds is 6. The number of alkyl halides is 3. The van der Waals surface area contributed by atoms with Crippen LogP contribution in [0.1, 0.15) is 42.0 Å². The maximum absolute atomic E-state index is 13.8. The van der Waals surface area contributed by atoms with E-state index in [1.165, 1.54) is 24.3 Å². The zero-order valence-electron chi connectivity index (χ0n) is 13.8. The van der Waals surface area contributed by atoms with Gasteiger partial charge in [0.25, 0.3) is 0 Å². The van der Waals surface area contributed by atoms with Crippen molar-refractivity contribution in [3.8, 4) is 0 Å². The van der Waals surface area contributed by atoms with Crippen LogP contribution in [0.3, 0.4) is 0 Å². The van der Waals surface area contributed by atoms with Crippen LogP contribution in [0.25, 0.3) is 5.83 Å². The molecule has 0 bridgehead atoms. The Morgan fingerprint density at radius 2 is 1.28 bits per heavy atom. The molecule has 2 aromatic rings. The molecule has 0 aromatic heterocycles. The molecule has 2 rings (SSSR count). The molecule has 0 heterocycles. The van der Waals surface area contributed by atoms with Gasteiger partial charge in [-0.05, 0) is 42.5 Å². The van der Waals surface area contributed by atoms with Crippen LogP contribution in [0, 0.1) is 0 Å². The minimum absolute atomic E-state index is 0.0709. The normalized spacial score (nSPS) is 12.9. The molecule has 2 aromatic carbocycles. The largest absolute Gasteiger partial charge is 0.416 e. The molecular formula is C20H19F5. The summed E-state index contributed by atoms with van der Waals surface area (Å²) in [7, 11) is 0. The predicted octanol–water partition coefficient (Wildman–Crippen LogP) is 6.90. The zero-order chi connectivity index (χ0) is 18.4. The first kappa shape index (κ1) is 19.2. The second kappa shape index (κ2) is 8.28. The molecule has 0 N–H and O–H groups in total. The van der Waals surface area contributed by atoms with Gasteiger partial charge in [0.05, 0.1) is 5.56 Å². The summed E-state index contributed by atoms with van der Waals surface area (Å²) >= 11 is 0. The summed E-state index contributed by atoms with van der Waals surface area (Å²) in [6.07, 6.45) is -2.56. The molecule has 25 heavy (non-hydrogen) atoms. The van der Waals surface area contributed by atoms with E-state index in [2.05, 4.69) is 0 Å². The zero-order valence-corrected chi connectivity index (χ0v) is 13.8. The number of benzene rings is 2. The molecule has 0 radical (unpaired) electrons. The third kappa shape index (κ3) is 5.41. The smallest absolute Gasteiger partial charge is 0.209 e. The molecular weight excluding hydrogens is 335 g/mol. The van der Waals surface area contributed by atoms with E-state index in [0.29, 0.717) is 19.3 Å². The van der Waals surface area contributed by atoms with Crippen molar-refractivity contribution in [2.24, 2.45) is 0 Å². The van der Waals surface area contributed by atoms with Crippen molar-refractivity contribution in [3.05, 3.63) is 76.6 Å². The molecule has 0 aliphatic rings. The third-order valence-electron chi connectivity index (χ3n) is 3.90. The lowest BCUT2D eigenvalue weighted by Gasteiger charge is -2.08. The van der Waals surface area contributed by atoms with Crippen LogP contribution < -0.4 is 0 Å². The van der Waals surface area contributed by atoms with Crippen LogP contribution in [-0.4, -0.2) is 0 Å². The fraction of sp³-hybridized carbons (Fsp3) is 0.300. The molecule has 0 atom stereocenters. The summed E-state index contributed by atoms with van der Waals surface area (Å²) in [5.74, 6) is -1.59. The highest BCUT2D eigenvalue weighted by Crippen LogP contribution is 2.29. The summed E-state index contributed by atoms with van der Waals surface area (Å²) < 4.78 is 64.9. The molecule has 0 unspecified atom stereocenters. The number of hydrogen-bond acceptors (Lipinski definition) is 0. The lowest BCUT2D eigenvalue weighted by molar-refractivity contribution is -0.137. The van der Waals surface area contributed by atoms with Gasteiger partial charge in [0.1, 0.15) is 5.83 Å². The van der Waals surface area contributed by atoms with Crippen LogP contribution in [0.2, 0.25) is 0 Å². The molecule has 0 fully saturated rings. The fourth-order valence-electron chi connectivity index (χ4n) is 2.45. The first-order valence-corrected chi connectivity index (χ1v) is 8.11. The van der Waals surface area contributed by atoms with Gasteiger partial charge in [-0.2, -0.15) is 13.2 Å². The maximum atomic E-state index is 13.8. The van der Waals surface area contributed by atoms with E-state index in [1.807, 2.05) is 0 Å². The van der Waals surface area contributed by atoms with E-state index in [1.54, 1.807) is 19.1 Å². The van der Waals surface area contributed by atoms with Crippen molar-refractivity contribution >= 4 is 5.83 Å². The van der Waals surface area contributed by atoms with Gasteiger partial charge in [-0.1, -0.05) is 43.3 Å². The Bertz CT molecular complexity index is 709. The summed E-state index contributed by atoms with van der Waals surface area (Å²) in [5, 5.41) is 0. The molecule has 0 aliphatic heterocycles. The standard InChI is InChI=1S/C20H19F5/c1-2-3-18(21)19(22)16-10-6-14(7-11-16)4-5-15-8-12-17(13-9-15)20(23,24)25/h6-13H,2-5H2,1H3/b19-18+. The van der Waals surface area contributed by atoms with Crippen molar-refractivity contribution in [2.45, 2.75) is 38.8 Å². The van der Waals surface area contributed by atoms with Gasteiger partial charge in [-0.15, -0.1) is 0 Å². The van der Waals surface area contributed by atoms with Crippen LogP contribution in [-0.2, 0) is 19.0 Å².